The maximum Gasteiger partial charge on any atom is 0.305 e. The van der Waals surface area contributed by atoms with Crippen molar-refractivity contribution < 1.29 is 23.7 Å². The molecule has 5 nitrogen and oxygen atoms in total. The van der Waals surface area contributed by atoms with E-state index in [0.29, 0.717) is 52.5 Å². The summed E-state index contributed by atoms with van der Waals surface area (Å²) in [4.78, 5) is 11.8. The molecule has 0 rings (SSSR count). The molecular weight excluding hydrogens is 476 g/mol. The first kappa shape index (κ1) is 37.4. The Balaban J connectivity index is 3.14. The number of ether oxygens (including phenoxy) is 4. The van der Waals surface area contributed by atoms with E-state index in [1.807, 2.05) is 0 Å². The quantitative estimate of drug-likeness (QED) is 0.0610. The molecule has 0 fully saturated rings. The van der Waals surface area contributed by atoms with E-state index in [4.69, 9.17) is 18.9 Å². The van der Waals surface area contributed by atoms with Gasteiger partial charge in [0.25, 0.3) is 0 Å². The lowest BCUT2D eigenvalue weighted by Gasteiger charge is -2.07. The molecule has 0 aromatic heterocycles. The molecule has 5 heteroatoms. The molecule has 0 aliphatic heterocycles. The average molecular weight is 543 g/mol. The van der Waals surface area contributed by atoms with E-state index in [-0.39, 0.29) is 5.97 Å². The molecule has 0 aliphatic rings. The van der Waals surface area contributed by atoms with Crippen LogP contribution in [0.1, 0.15) is 162 Å². The smallest absolute Gasteiger partial charge is 0.305 e. The first-order valence-electron chi connectivity index (χ1n) is 16.7. The van der Waals surface area contributed by atoms with Gasteiger partial charge in [-0.25, -0.2) is 0 Å². The van der Waals surface area contributed by atoms with Crippen molar-refractivity contribution in [2.75, 3.05) is 46.2 Å². The molecule has 0 saturated carbocycles. The van der Waals surface area contributed by atoms with Crippen LogP contribution in [0, 0.1) is 0 Å². The van der Waals surface area contributed by atoms with Gasteiger partial charge in [0.05, 0.1) is 33.0 Å². The molecule has 0 saturated heterocycles. The van der Waals surface area contributed by atoms with E-state index in [0.717, 1.165) is 25.9 Å². The molecule has 0 aliphatic carbocycles. The van der Waals surface area contributed by atoms with E-state index in [9.17, 15) is 4.79 Å². The van der Waals surface area contributed by atoms with Crippen molar-refractivity contribution in [1.82, 2.24) is 0 Å². The summed E-state index contributed by atoms with van der Waals surface area (Å²) in [6.07, 6.45) is 29.0. The highest BCUT2D eigenvalue weighted by molar-refractivity contribution is 5.69. The molecular formula is C33H66O5. The van der Waals surface area contributed by atoms with Crippen LogP contribution in [0.3, 0.4) is 0 Å². The molecule has 0 amide bonds. The Morgan fingerprint density at radius 3 is 1.11 bits per heavy atom. The molecule has 0 heterocycles. The van der Waals surface area contributed by atoms with Crippen molar-refractivity contribution in [2.24, 2.45) is 0 Å². The van der Waals surface area contributed by atoms with Crippen LogP contribution in [0.15, 0.2) is 0 Å². The maximum absolute atomic E-state index is 11.8. The Morgan fingerprint density at radius 1 is 0.368 bits per heavy atom. The number of esters is 1. The van der Waals surface area contributed by atoms with E-state index in [2.05, 4.69) is 13.8 Å². The summed E-state index contributed by atoms with van der Waals surface area (Å²) >= 11 is 0. The second-order valence-corrected chi connectivity index (χ2v) is 10.9. The van der Waals surface area contributed by atoms with Crippen LogP contribution in [0.2, 0.25) is 0 Å². The molecule has 38 heavy (non-hydrogen) atoms. The number of carbonyl (C=O) groups is 1. The number of carbonyl (C=O) groups excluding carboxylic acids is 1. The predicted molar refractivity (Wildman–Crippen MR) is 161 cm³/mol. The molecule has 0 unspecified atom stereocenters. The van der Waals surface area contributed by atoms with Crippen LogP contribution in [0.5, 0.6) is 0 Å². The Hall–Kier alpha value is -0.650. The molecule has 0 atom stereocenters. The van der Waals surface area contributed by atoms with Gasteiger partial charge in [-0.05, 0) is 19.3 Å². The summed E-state index contributed by atoms with van der Waals surface area (Å²) in [6.45, 7) is 8.91. The molecule has 228 valence electrons. The zero-order valence-corrected chi connectivity index (χ0v) is 25.8. The highest BCUT2D eigenvalue weighted by Crippen LogP contribution is 2.13. The second kappa shape index (κ2) is 34.4. The van der Waals surface area contributed by atoms with Crippen LogP contribution < -0.4 is 0 Å². The first-order valence-corrected chi connectivity index (χ1v) is 16.7. The van der Waals surface area contributed by atoms with Crippen molar-refractivity contribution >= 4 is 5.97 Å². The summed E-state index contributed by atoms with van der Waals surface area (Å²) in [6, 6.07) is 0. The van der Waals surface area contributed by atoms with E-state index in [1.54, 1.807) is 0 Å². The Morgan fingerprint density at radius 2 is 0.684 bits per heavy atom. The minimum Gasteiger partial charge on any atom is -0.466 e. The van der Waals surface area contributed by atoms with Gasteiger partial charge in [-0.15, -0.1) is 0 Å². The molecule has 0 N–H and O–H groups in total. The molecule has 0 aromatic rings. The Labute approximate surface area is 237 Å². The summed E-state index contributed by atoms with van der Waals surface area (Å²) in [7, 11) is 0. The van der Waals surface area contributed by atoms with E-state index in [1.165, 1.54) is 116 Å². The fourth-order valence-electron chi connectivity index (χ4n) is 4.58. The lowest BCUT2D eigenvalue weighted by Crippen LogP contribution is -2.11. The number of hydrogen-bond donors (Lipinski definition) is 0. The van der Waals surface area contributed by atoms with Crippen LogP contribution in [-0.4, -0.2) is 52.2 Å². The number of unbranched alkanes of at least 4 members (excludes halogenated alkanes) is 19. The van der Waals surface area contributed by atoms with Gasteiger partial charge in [-0.3, -0.25) is 4.79 Å². The van der Waals surface area contributed by atoms with Gasteiger partial charge < -0.3 is 18.9 Å². The third-order valence-electron chi connectivity index (χ3n) is 7.07. The van der Waals surface area contributed by atoms with Crippen molar-refractivity contribution in [2.45, 2.75) is 162 Å². The van der Waals surface area contributed by atoms with Crippen LogP contribution >= 0.6 is 0 Å². The van der Waals surface area contributed by atoms with Gasteiger partial charge >= 0.3 is 5.97 Å². The fourth-order valence-corrected chi connectivity index (χ4v) is 4.58. The standard InChI is InChI=1S/C33H66O5/c1-3-5-7-9-11-12-13-14-15-16-17-19-21-23-28-38-33(34)25-24-27-36-30-32-37-31-29-35-26-22-20-18-10-8-6-4-2/h3-32H2,1-2H3. The molecule has 0 spiro atoms. The molecule has 0 bridgehead atoms. The van der Waals surface area contributed by atoms with Gasteiger partial charge in [-0.2, -0.15) is 0 Å². The second-order valence-electron chi connectivity index (χ2n) is 10.9. The minimum absolute atomic E-state index is 0.0994. The average Bonchev–Trinajstić information content (AvgIpc) is 2.92. The SMILES string of the molecule is CCCCCCCCCCCCCCCCOC(=O)CCCOCCOCCOCCCCCCCCC. The third kappa shape index (κ3) is 33.4. The van der Waals surface area contributed by atoms with Crippen LogP contribution in [-0.2, 0) is 23.7 Å². The fraction of sp³-hybridized carbons (Fsp3) is 0.970. The summed E-state index contributed by atoms with van der Waals surface area (Å²) in [5.74, 6) is -0.0994. The van der Waals surface area contributed by atoms with Crippen LogP contribution in [0.4, 0.5) is 0 Å². The monoisotopic (exact) mass is 542 g/mol. The zero-order valence-electron chi connectivity index (χ0n) is 25.8. The van der Waals surface area contributed by atoms with E-state index < -0.39 is 0 Å². The van der Waals surface area contributed by atoms with Crippen molar-refractivity contribution in [3.63, 3.8) is 0 Å². The first-order chi connectivity index (χ1) is 18.8. The van der Waals surface area contributed by atoms with Gasteiger partial charge in [0.2, 0.25) is 0 Å². The van der Waals surface area contributed by atoms with Crippen LogP contribution in [0.25, 0.3) is 0 Å². The van der Waals surface area contributed by atoms with Gasteiger partial charge in [0, 0.05) is 19.6 Å². The summed E-state index contributed by atoms with van der Waals surface area (Å²) in [5.41, 5.74) is 0. The van der Waals surface area contributed by atoms with Crippen molar-refractivity contribution in [3.05, 3.63) is 0 Å². The highest BCUT2D eigenvalue weighted by atomic mass is 16.5. The Kier molecular flexibility index (Phi) is 33.8. The van der Waals surface area contributed by atoms with Gasteiger partial charge in [0.1, 0.15) is 0 Å². The highest BCUT2D eigenvalue weighted by Gasteiger charge is 2.03. The zero-order chi connectivity index (χ0) is 27.6. The largest absolute Gasteiger partial charge is 0.466 e. The lowest BCUT2D eigenvalue weighted by atomic mass is 10.0. The maximum atomic E-state index is 11.8. The summed E-state index contributed by atoms with van der Waals surface area (Å²) in [5, 5.41) is 0. The van der Waals surface area contributed by atoms with Crippen molar-refractivity contribution in [3.8, 4) is 0 Å². The normalized spacial score (nSPS) is 11.3. The van der Waals surface area contributed by atoms with Gasteiger partial charge in [-0.1, -0.05) is 136 Å². The summed E-state index contributed by atoms with van der Waals surface area (Å²) < 4.78 is 22.0. The topological polar surface area (TPSA) is 54.0 Å². The Bertz CT molecular complexity index is 443. The third-order valence-corrected chi connectivity index (χ3v) is 7.07. The minimum atomic E-state index is -0.0994. The van der Waals surface area contributed by atoms with E-state index >= 15 is 0 Å². The molecule has 0 radical (unpaired) electrons. The van der Waals surface area contributed by atoms with Crippen molar-refractivity contribution in [1.29, 1.82) is 0 Å². The molecule has 0 aromatic carbocycles. The number of hydrogen-bond acceptors (Lipinski definition) is 5. The predicted octanol–water partition coefficient (Wildman–Crippen LogP) is 9.59. The lowest BCUT2D eigenvalue weighted by molar-refractivity contribution is -0.144. The number of rotatable bonds is 33. The van der Waals surface area contributed by atoms with Gasteiger partial charge in [0.15, 0.2) is 0 Å².